The van der Waals surface area contributed by atoms with Crippen LogP contribution < -0.4 is 24.2 Å². The van der Waals surface area contributed by atoms with Crippen LogP contribution in [0.3, 0.4) is 0 Å². The molecule has 7 heteroatoms. The van der Waals surface area contributed by atoms with Crippen molar-refractivity contribution < 1.29 is 38.3 Å². The monoisotopic (exact) mass is 506 g/mol. The number of hydrogen-bond acceptors (Lipinski definition) is 4. The molecule has 0 bridgehead atoms. The van der Waals surface area contributed by atoms with E-state index < -0.39 is 12.0 Å². The first-order valence-corrected chi connectivity index (χ1v) is 14.1. The van der Waals surface area contributed by atoms with Gasteiger partial charge in [-0.3, -0.25) is 4.79 Å². The standard InChI is InChI=1S/C29H41NO4S.Li/c1-5-7-12-23(13-8-6-2)34-20-22-15-16-25(26(19-22)24-14-10-9-11-21(24)3)28(31)30-27(29(32)33)17-18-35-4;/h9-11,14-16,19,23,27H,5-8,12-13,17-18,20H2,1-4H3,(H,30,31)(H,32,33);/q;+1. The van der Waals surface area contributed by atoms with Crippen LogP contribution in [0.1, 0.15) is 80.3 Å². The maximum Gasteiger partial charge on any atom is 1.00 e. The third kappa shape index (κ3) is 10.3. The minimum absolute atomic E-state index is 0. The van der Waals surface area contributed by atoms with Gasteiger partial charge in [-0.05, 0) is 72.6 Å². The van der Waals surface area contributed by atoms with E-state index in [0.29, 0.717) is 24.3 Å². The molecule has 0 aromatic heterocycles. The molecule has 0 saturated carbocycles. The number of carboxylic acids is 1. The van der Waals surface area contributed by atoms with Gasteiger partial charge < -0.3 is 15.2 Å². The number of carboxylic acid groups (broad SMARTS) is 1. The summed E-state index contributed by atoms with van der Waals surface area (Å²) in [4.78, 5) is 24.9. The van der Waals surface area contributed by atoms with Gasteiger partial charge in [0, 0.05) is 5.56 Å². The van der Waals surface area contributed by atoms with Gasteiger partial charge in [-0.25, -0.2) is 4.79 Å². The molecule has 5 nitrogen and oxygen atoms in total. The summed E-state index contributed by atoms with van der Waals surface area (Å²) in [5.74, 6) is -0.719. The second-order valence-electron chi connectivity index (χ2n) is 9.06. The summed E-state index contributed by atoms with van der Waals surface area (Å²) >= 11 is 1.56. The van der Waals surface area contributed by atoms with Crippen LogP contribution in [0.15, 0.2) is 42.5 Å². The Kier molecular flexibility index (Phi) is 15.9. The Morgan fingerprint density at radius 3 is 2.25 bits per heavy atom. The molecule has 1 unspecified atom stereocenters. The third-order valence-corrected chi connectivity index (χ3v) is 6.87. The van der Waals surface area contributed by atoms with Crippen molar-refractivity contribution in [3.63, 3.8) is 0 Å². The van der Waals surface area contributed by atoms with E-state index in [1.165, 1.54) is 0 Å². The fraction of sp³-hybridized carbons (Fsp3) is 0.517. The van der Waals surface area contributed by atoms with Gasteiger partial charge in [0.2, 0.25) is 0 Å². The largest absolute Gasteiger partial charge is 1.00 e. The topological polar surface area (TPSA) is 75.6 Å². The Bertz CT molecular complexity index is 945. The average Bonchev–Trinajstić information content (AvgIpc) is 2.86. The minimum atomic E-state index is -1.01. The number of rotatable bonds is 16. The van der Waals surface area contributed by atoms with Crippen molar-refractivity contribution in [2.24, 2.45) is 0 Å². The summed E-state index contributed by atoms with van der Waals surface area (Å²) in [6.45, 7) is 6.91. The van der Waals surface area contributed by atoms with E-state index >= 15 is 0 Å². The van der Waals surface area contributed by atoms with Gasteiger partial charge in [0.05, 0.1) is 12.7 Å². The van der Waals surface area contributed by atoms with Gasteiger partial charge in [0.15, 0.2) is 0 Å². The fourth-order valence-corrected chi connectivity index (χ4v) is 4.57. The summed E-state index contributed by atoms with van der Waals surface area (Å²) in [5, 5.41) is 12.3. The molecule has 36 heavy (non-hydrogen) atoms. The Balaban J connectivity index is 0.00000648. The number of unbranched alkanes of at least 4 members (excludes halogenated alkanes) is 2. The van der Waals surface area contributed by atoms with Gasteiger partial charge in [-0.2, -0.15) is 11.8 Å². The van der Waals surface area contributed by atoms with Crippen molar-refractivity contribution in [3.05, 3.63) is 59.2 Å². The van der Waals surface area contributed by atoms with E-state index in [1.54, 1.807) is 17.8 Å². The van der Waals surface area contributed by atoms with Crippen LogP contribution in [-0.2, 0) is 16.1 Å². The molecule has 2 aromatic carbocycles. The second-order valence-corrected chi connectivity index (χ2v) is 10.0. The summed E-state index contributed by atoms with van der Waals surface area (Å²) in [5.41, 5.74) is 4.31. The molecule has 192 valence electrons. The maximum atomic E-state index is 13.2. The van der Waals surface area contributed by atoms with Crippen LogP contribution >= 0.6 is 11.8 Å². The first kappa shape index (κ1) is 32.3. The van der Waals surface area contributed by atoms with Crippen molar-refractivity contribution in [1.29, 1.82) is 0 Å². The zero-order valence-corrected chi connectivity index (χ0v) is 23.5. The predicted molar refractivity (Wildman–Crippen MR) is 146 cm³/mol. The van der Waals surface area contributed by atoms with Crippen LogP contribution in [0.25, 0.3) is 11.1 Å². The maximum absolute atomic E-state index is 13.2. The minimum Gasteiger partial charge on any atom is -0.480 e. The molecular formula is C29H41LiNO4S+. The number of carbonyl (C=O) groups excluding carboxylic acids is 1. The van der Waals surface area contributed by atoms with Crippen LogP contribution in [0.5, 0.6) is 0 Å². The Morgan fingerprint density at radius 2 is 1.67 bits per heavy atom. The van der Waals surface area contributed by atoms with Gasteiger partial charge in [-0.1, -0.05) is 69.9 Å². The number of carbonyl (C=O) groups is 2. The van der Waals surface area contributed by atoms with Gasteiger partial charge >= 0.3 is 24.8 Å². The molecule has 2 aromatic rings. The summed E-state index contributed by atoms with van der Waals surface area (Å²) in [6, 6.07) is 12.8. The molecule has 0 saturated heterocycles. The molecule has 0 radical (unpaired) electrons. The third-order valence-electron chi connectivity index (χ3n) is 6.22. The fourth-order valence-electron chi connectivity index (χ4n) is 4.09. The van der Waals surface area contributed by atoms with Crippen LogP contribution in [-0.4, -0.2) is 41.1 Å². The predicted octanol–water partition coefficient (Wildman–Crippen LogP) is 3.87. The number of amides is 1. The normalized spacial score (nSPS) is 11.7. The molecule has 0 aliphatic heterocycles. The number of hydrogen-bond donors (Lipinski definition) is 2. The molecule has 2 rings (SSSR count). The average molecular weight is 507 g/mol. The molecule has 0 spiro atoms. The summed E-state index contributed by atoms with van der Waals surface area (Å²) < 4.78 is 6.31. The van der Waals surface area contributed by atoms with E-state index in [-0.39, 0.29) is 30.9 Å². The van der Waals surface area contributed by atoms with Crippen LogP contribution in [0, 0.1) is 6.92 Å². The second kappa shape index (κ2) is 17.7. The number of benzene rings is 2. The first-order chi connectivity index (χ1) is 16.9. The van der Waals surface area contributed by atoms with Crippen molar-refractivity contribution in [2.45, 2.75) is 84.5 Å². The smallest absolute Gasteiger partial charge is 0.480 e. The van der Waals surface area contributed by atoms with Crippen LogP contribution in [0.2, 0.25) is 0 Å². The molecule has 0 fully saturated rings. The Hall–Kier alpha value is -1.71. The van der Waals surface area contributed by atoms with Crippen molar-refractivity contribution >= 4 is 23.6 Å². The molecule has 2 N–H and O–H groups in total. The van der Waals surface area contributed by atoms with Crippen molar-refractivity contribution in [2.75, 3.05) is 12.0 Å². The zero-order chi connectivity index (χ0) is 25.6. The number of aryl methyl sites for hydroxylation is 1. The van der Waals surface area contributed by atoms with E-state index in [2.05, 4.69) is 19.2 Å². The number of nitrogens with one attached hydrogen (secondary N) is 1. The molecule has 1 amide bonds. The van der Waals surface area contributed by atoms with E-state index in [0.717, 1.165) is 60.8 Å². The quantitative estimate of drug-likeness (QED) is 0.338. The SMILES string of the molecule is CCCCC(CCCC)OCc1ccc(C(=O)NC(CCSC)C(=O)O)c(-c2ccccc2C)c1.[Li+]. The molecular weight excluding hydrogens is 465 g/mol. The van der Waals surface area contributed by atoms with E-state index in [9.17, 15) is 14.7 Å². The van der Waals surface area contributed by atoms with E-state index in [4.69, 9.17) is 4.74 Å². The molecule has 0 aliphatic rings. The molecule has 0 heterocycles. The van der Waals surface area contributed by atoms with Gasteiger partial charge in [0.25, 0.3) is 5.91 Å². The first-order valence-electron chi connectivity index (χ1n) is 12.7. The van der Waals surface area contributed by atoms with E-state index in [1.807, 2.05) is 49.6 Å². The number of ether oxygens (including phenoxy) is 1. The number of thioether (sulfide) groups is 1. The number of aliphatic carboxylic acids is 1. The van der Waals surface area contributed by atoms with Crippen molar-refractivity contribution in [1.82, 2.24) is 5.32 Å². The van der Waals surface area contributed by atoms with Gasteiger partial charge in [-0.15, -0.1) is 0 Å². The summed E-state index contributed by atoms with van der Waals surface area (Å²) in [7, 11) is 0. The zero-order valence-electron chi connectivity index (χ0n) is 22.6. The Morgan fingerprint density at radius 1 is 1.00 bits per heavy atom. The molecule has 0 aliphatic carbocycles. The van der Waals surface area contributed by atoms with Crippen LogP contribution in [0.4, 0.5) is 0 Å². The van der Waals surface area contributed by atoms with Gasteiger partial charge in [0.1, 0.15) is 6.04 Å². The Labute approximate surface area is 233 Å². The molecule has 1 atom stereocenters. The van der Waals surface area contributed by atoms with Crippen molar-refractivity contribution in [3.8, 4) is 11.1 Å². The summed E-state index contributed by atoms with van der Waals surface area (Å²) in [6.07, 6.45) is 9.29.